The number of amides is 1. The minimum absolute atomic E-state index is 0.0560. The number of thiocarbonyl (C=S) groups is 1. The molecule has 0 aliphatic carbocycles. The molecule has 2 fully saturated rings. The Morgan fingerprint density at radius 1 is 1.37 bits per heavy atom. The molecule has 0 bridgehead atoms. The minimum atomic E-state index is -0.230. The number of hydrogen-bond donors (Lipinski definition) is 2. The molecule has 2 N–H and O–H groups in total. The number of piperidine rings is 1. The maximum absolute atomic E-state index is 13.1. The van der Waals surface area contributed by atoms with Crippen molar-refractivity contribution in [2.75, 3.05) is 44.1 Å². The number of nitrogens with one attached hydrogen (secondary N) is 2. The Bertz CT molecular complexity index is 738. The van der Waals surface area contributed by atoms with E-state index in [2.05, 4.69) is 33.6 Å². The fourth-order valence-electron chi connectivity index (χ4n) is 4.37. The molecule has 166 valence electrons. The SMILES string of the molecule is CCCCN1C(=O)C(CCSC)NC12CCN(C(=S)Nc1ccccc1OC)CC2. The summed E-state index contributed by atoms with van der Waals surface area (Å²) in [5.41, 5.74) is 0.646. The molecule has 0 radical (unpaired) electrons. The number of anilines is 1. The third-order valence-corrected chi connectivity index (χ3v) is 7.10. The average molecular weight is 451 g/mol. The second-order valence-electron chi connectivity index (χ2n) is 7.97. The molecule has 2 heterocycles. The number of unbranched alkanes of at least 4 members (excludes halogenated alkanes) is 1. The molecule has 1 unspecified atom stereocenters. The van der Waals surface area contributed by atoms with Crippen molar-refractivity contribution in [2.24, 2.45) is 0 Å². The smallest absolute Gasteiger partial charge is 0.241 e. The van der Waals surface area contributed by atoms with Gasteiger partial charge in [-0.1, -0.05) is 25.5 Å². The summed E-state index contributed by atoms with van der Waals surface area (Å²) in [5, 5.41) is 7.77. The summed E-state index contributed by atoms with van der Waals surface area (Å²) >= 11 is 7.48. The highest BCUT2D eigenvalue weighted by Gasteiger charge is 2.50. The van der Waals surface area contributed by atoms with Gasteiger partial charge in [0.05, 0.1) is 24.5 Å². The van der Waals surface area contributed by atoms with E-state index in [1.807, 2.05) is 24.3 Å². The number of benzene rings is 1. The van der Waals surface area contributed by atoms with E-state index in [4.69, 9.17) is 17.0 Å². The lowest BCUT2D eigenvalue weighted by atomic mass is 9.95. The van der Waals surface area contributed by atoms with Gasteiger partial charge in [0.2, 0.25) is 5.91 Å². The fraction of sp³-hybridized carbons (Fsp3) is 0.636. The van der Waals surface area contributed by atoms with Gasteiger partial charge in [0.1, 0.15) is 5.75 Å². The van der Waals surface area contributed by atoms with Crippen molar-refractivity contribution in [1.29, 1.82) is 0 Å². The van der Waals surface area contributed by atoms with E-state index < -0.39 is 0 Å². The topological polar surface area (TPSA) is 56.8 Å². The number of likely N-dealkylation sites (tertiary alicyclic amines) is 1. The van der Waals surface area contributed by atoms with Crippen LogP contribution in [0.25, 0.3) is 0 Å². The molecule has 8 heteroatoms. The van der Waals surface area contributed by atoms with Crippen molar-refractivity contribution in [1.82, 2.24) is 15.1 Å². The van der Waals surface area contributed by atoms with Crippen molar-refractivity contribution < 1.29 is 9.53 Å². The molecular formula is C22H34N4O2S2. The summed E-state index contributed by atoms with van der Waals surface area (Å²) in [7, 11) is 1.66. The first-order chi connectivity index (χ1) is 14.5. The van der Waals surface area contributed by atoms with Crippen LogP contribution in [0.2, 0.25) is 0 Å². The quantitative estimate of drug-likeness (QED) is 0.588. The van der Waals surface area contributed by atoms with Crippen LogP contribution in [0.5, 0.6) is 5.75 Å². The molecule has 2 aliphatic rings. The van der Waals surface area contributed by atoms with E-state index >= 15 is 0 Å². The van der Waals surface area contributed by atoms with E-state index in [1.54, 1.807) is 18.9 Å². The lowest BCUT2D eigenvalue weighted by Crippen LogP contribution is -2.60. The maximum Gasteiger partial charge on any atom is 0.241 e. The molecule has 3 rings (SSSR count). The van der Waals surface area contributed by atoms with Crippen LogP contribution in [0, 0.1) is 0 Å². The van der Waals surface area contributed by atoms with Gasteiger partial charge < -0.3 is 19.9 Å². The molecule has 0 aromatic heterocycles. The van der Waals surface area contributed by atoms with Crippen molar-refractivity contribution in [3.63, 3.8) is 0 Å². The van der Waals surface area contributed by atoms with Crippen LogP contribution >= 0.6 is 24.0 Å². The standard InChI is InChI=1S/C22H34N4O2S2/c1-4-5-13-26-20(27)18(10-16-30-3)24-22(26)11-14-25(15-12-22)21(29)23-17-8-6-7-9-19(17)28-2/h6-9,18,24H,4-5,10-16H2,1-3H3,(H,23,29). The Kier molecular flexibility index (Phi) is 8.25. The number of carbonyl (C=O) groups excluding carboxylic acids is 1. The zero-order valence-electron chi connectivity index (χ0n) is 18.3. The van der Waals surface area contributed by atoms with Gasteiger partial charge in [0.15, 0.2) is 5.11 Å². The van der Waals surface area contributed by atoms with Crippen LogP contribution < -0.4 is 15.4 Å². The van der Waals surface area contributed by atoms with Gasteiger partial charge >= 0.3 is 0 Å². The van der Waals surface area contributed by atoms with Gasteiger partial charge in [0, 0.05) is 32.5 Å². The van der Waals surface area contributed by atoms with Crippen LogP contribution in [0.4, 0.5) is 5.69 Å². The van der Waals surface area contributed by atoms with E-state index in [9.17, 15) is 4.79 Å². The van der Waals surface area contributed by atoms with Crippen molar-refractivity contribution in [3.8, 4) is 5.75 Å². The second kappa shape index (κ2) is 10.7. The predicted octanol–water partition coefficient (Wildman–Crippen LogP) is 3.54. The maximum atomic E-state index is 13.1. The largest absolute Gasteiger partial charge is 0.495 e. The summed E-state index contributed by atoms with van der Waals surface area (Å²) in [5.74, 6) is 2.06. The summed E-state index contributed by atoms with van der Waals surface area (Å²) in [6.45, 7) is 4.65. The molecule has 1 atom stereocenters. The van der Waals surface area contributed by atoms with Crippen LogP contribution in [-0.4, -0.2) is 71.3 Å². The number of carbonyl (C=O) groups is 1. The number of thioether (sulfide) groups is 1. The molecule has 2 aliphatic heterocycles. The van der Waals surface area contributed by atoms with Crippen LogP contribution in [0.15, 0.2) is 24.3 Å². The Balaban J connectivity index is 1.65. The Hall–Kier alpha value is -1.51. The predicted molar refractivity (Wildman–Crippen MR) is 129 cm³/mol. The van der Waals surface area contributed by atoms with Gasteiger partial charge in [-0.2, -0.15) is 11.8 Å². The summed E-state index contributed by atoms with van der Waals surface area (Å²) in [4.78, 5) is 17.4. The van der Waals surface area contributed by atoms with Crippen molar-refractivity contribution >= 4 is 40.7 Å². The third kappa shape index (κ3) is 5.03. The number of methoxy groups -OCH3 is 1. The van der Waals surface area contributed by atoms with Gasteiger partial charge in [-0.15, -0.1) is 0 Å². The van der Waals surface area contributed by atoms with Crippen LogP contribution in [0.3, 0.4) is 0 Å². The highest BCUT2D eigenvalue weighted by atomic mass is 32.2. The van der Waals surface area contributed by atoms with Crippen LogP contribution in [0.1, 0.15) is 39.0 Å². The number of rotatable bonds is 8. The molecular weight excluding hydrogens is 416 g/mol. The molecule has 30 heavy (non-hydrogen) atoms. The summed E-state index contributed by atoms with van der Waals surface area (Å²) in [6.07, 6.45) is 6.88. The van der Waals surface area contributed by atoms with E-state index in [0.29, 0.717) is 5.11 Å². The van der Waals surface area contributed by atoms with Gasteiger partial charge in [-0.05, 0) is 49.2 Å². The third-order valence-electron chi connectivity index (χ3n) is 6.10. The van der Waals surface area contributed by atoms with E-state index in [1.165, 1.54) is 0 Å². The monoisotopic (exact) mass is 450 g/mol. The fourth-order valence-corrected chi connectivity index (χ4v) is 5.13. The van der Waals surface area contributed by atoms with Crippen molar-refractivity contribution in [3.05, 3.63) is 24.3 Å². The molecule has 1 aromatic carbocycles. The van der Waals surface area contributed by atoms with E-state index in [-0.39, 0.29) is 17.6 Å². The van der Waals surface area contributed by atoms with Gasteiger partial charge in [0.25, 0.3) is 0 Å². The first-order valence-electron chi connectivity index (χ1n) is 10.8. The second-order valence-corrected chi connectivity index (χ2v) is 9.34. The lowest BCUT2D eigenvalue weighted by molar-refractivity contribution is -0.133. The minimum Gasteiger partial charge on any atom is -0.495 e. The molecule has 2 saturated heterocycles. The molecule has 0 saturated carbocycles. The van der Waals surface area contributed by atoms with Crippen LogP contribution in [-0.2, 0) is 4.79 Å². The van der Waals surface area contributed by atoms with E-state index in [0.717, 1.165) is 68.9 Å². The highest BCUT2D eigenvalue weighted by molar-refractivity contribution is 7.98. The first kappa shape index (κ1) is 23.2. The summed E-state index contributed by atoms with van der Waals surface area (Å²) in [6, 6.07) is 7.74. The number of ether oxygens (including phenoxy) is 1. The molecule has 1 spiro atoms. The zero-order valence-corrected chi connectivity index (χ0v) is 19.9. The highest BCUT2D eigenvalue weighted by Crippen LogP contribution is 2.34. The Morgan fingerprint density at radius 2 is 2.10 bits per heavy atom. The zero-order chi connectivity index (χ0) is 21.6. The average Bonchev–Trinajstić information content (AvgIpc) is 3.01. The molecule has 1 aromatic rings. The normalized spacial score (nSPS) is 20.6. The molecule has 6 nitrogen and oxygen atoms in total. The molecule has 1 amide bonds. The summed E-state index contributed by atoms with van der Waals surface area (Å²) < 4.78 is 5.42. The Morgan fingerprint density at radius 3 is 2.77 bits per heavy atom. The van der Waals surface area contributed by atoms with Gasteiger partial charge in [-0.3, -0.25) is 10.1 Å². The van der Waals surface area contributed by atoms with Gasteiger partial charge in [-0.25, -0.2) is 0 Å². The number of nitrogens with zero attached hydrogens (tertiary/aromatic N) is 2. The number of para-hydroxylation sites is 2. The Labute approximate surface area is 190 Å². The lowest BCUT2D eigenvalue weighted by Gasteiger charge is -2.45. The first-order valence-corrected chi connectivity index (χ1v) is 12.6. The number of hydrogen-bond acceptors (Lipinski definition) is 5. The van der Waals surface area contributed by atoms with Crippen molar-refractivity contribution in [2.45, 2.75) is 50.7 Å².